The van der Waals surface area contributed by atoms with Gasteiger partial charge in [0, 0.05) is 27.4 Å². The van der Waals surface area contributed by atoms with E-state index in [1.807, 2.05) is 0 Å². The number of carbonyl (C=O) groups is 1. The molecule has 0 fully saturated rings. The molecule has 0 radical (unpaired) electrons. The van der Waals surface area contributed by atoms with E-state index in [9.17, 15) is 18.0 Å². The van der Waals surface area contributed by atoms with Crippen LogP contribution in [-0.2, 0) is 11.0 Å². The first-order valence-electron chi connectivity index (χ1n) is 6.98. The second kappa shape index (κ2) is 6.38. The fraction of sp³-hybridized carbons (Fsp3) is 0.118. The fourth-order valence-corrected chi connectivity index (χ4v) is 3.57. The van der Waals surface area contributed by atoms with Crippen molar-refractivity contribution in [1.82, 2.24) is 0 Å². The van der Waals surface area contributed by atoms with Gasteiger partial charge in [0.05, 0.1) is 17.1 Å². The molecule has 1 heterocycles. The highest BCUT2D eigenvalue weighted by Crippen LogP contribution is 2.40. The molecule has 0 aliphatic carbocycles. The molecule has 8 heteroatoms. The fourth-order valence-electron chi connectivity index (χ4n) is 2.57. The first-order valence-corrected chi connectivity index (χ1v) is 8.15. The standard InChI is InChI=1S/C17H10BrClF3NO2/c1-25-15-8(4-10(19)7-13(15)18)5-12-11-3-2-9(17(20,21)22)6-14(11)23-16(12)24/h2-7H,1H3,(H,23,24)/b12-5-. The molecule has 0 atom stereocenters. The molecule has 25 heavy (non-hydrogen) atoms. The summed E-state index contributed by atoms with van der Waals surface area (Å²) >= 11 is 9.35. The van der Waals surface area contributed by atoms with Crippen LogP contribution in [0.3, 0.4) is 0 Å². The first-order chi connectivity index (χ1) is 11.7. The second-order valence-electron chi connectivity index (χ2n) is 5.28. The van der Waals surface area contributed by atoms with Gasteiger partial charge in [-0.25, -0.2) is 0 Å². The van der Waals surface area contributed by atoms with E-state index < -0.39 is 17.6 Å². The lowest BCUT2D eigenvalue weighted by molar-refractivity contribution is -0.137. The third-order valence-electron chi connectivity index (χ3n) is 3.67. The number of rotatable bonds is 2. The highest BCUT2D eigenvalue weighted by molar-refractivity contribution is 9.10. The van der Waals surface area contributed by atoms with Crippen LogP contribution in [0.4, 0.5) is 18.9 Å². The maximum absolute atomic E-state index is 12.8. The molecule has 0 spiro atoms. The Morgan fingerprint density at radius 3 is 2.60 bits per heavy atom. The molecule has 0 aromatic heterocycles. The van der Waals surface area contributed by atoms with Crippen LogP contribution in [0.5, 0.6) is 5.75 Å². The molecular weight excluding hydrogens is 423 g/mol. The van der Waals surface area contributed by atoms with Gasteiger partial charge in [-0.1, -0.05) is 17.7 Å². The van der Waals surface area contributed by atoms with Gasteiger partial charge in [0.1, 0.15) is 5.75 Å². The number of ether oxygens (including phenoxy) is 1. The van der Waals surface area contributed by atoms with Gasteiger partial charge < -0.3 is 10.1 Å². The van der Waals surface area contributed by atoms with Gasteiger partial charge in [-0.15, -0.1) is 0 Å². The Morgan fingerprint density at radius 2 is 1.96 bits per heavy atom. The quantitative estimate of drug-likeness (QED) is 0.625. The normalized spacial score (nSPS) is 15.3. The summed E-state index contributed by atoms with van der Waals surface area (Å²) in [5.74, 6) is -0.0301. The molecule has 130 valence electrons. The van der Waals surface area contributed by atoms with Crippen LogP contribution in [0.15, 0.2) is 34.8 Å². The minimum atomic E-state index is -4.48. The van der Waals surface area contributed by atoms with Crippen molar-refractivity contribution in [3.63, 3.8) is 0 Å². The van der Waals surface area contributed by atoms with Crippen LogP contribution in [0.25, 0.3) is 11.6 Å². The maximum Gasteiger partial charge on any atom is 0.416 e. The van der Waals surface area contributed by atoms with Crippen molar-refractivity contribution in [2.24, 2.45) is 0 Å². The number of hydrogen-bond donors (Lipinski definition) is 1. The molecule has 1 aliphatic heterocycles. The van der Waals surface area contributed by atoms with Crippen molar-refractivity contribution in [3.05, 3.63) is 56.5 Å². The number of amides is 1. The van der Waals surface area contributed by atoms with Gasteiger partial charge in [0.25, 0.3) is 5.91 Å². The molecule has 2 aromatic rings. The monoisotopic (exact) mass is 431 g/mol. The van der Waals surface area contributed by atoms with Crippen LogP contribution in [-0.4, -0.2) is 13.0 Å². The summed E-state index contributed by atoms with van der Waals surface area (Å²) in [7, 11) is 1.47. The number of hydrogen-bond acceptors (Lipinski definition) is 2. The predicted molar refractivity (Wildman–Crippen MR) is 93.6 cm³/mol. The van der Waals surface area contributed by atoms with Gasteiger partial charge in [0.2, 0.25) is 0 Å². The number of methoxy groups -OCH3 is 1. The van der Waals surface area contributed by atoms with Crippen LogP contribution >= 0.6 is 27.5 Å². The zero-order chi connectivity index (χ0) is 18.4. The smallest absolute Gasteiger partial charge is 0.416 e. The van der Waals surface area contributed by atoms with Crippen molar-refractivity contribution in [1.29, 1.82) is 0 Å². The molecule has 0 saturated carbocycles. The lowest BCUT2D eigenvalue weighted by Gasteiger charge is -2.09. The number of halogens is 5. The van der Waals surface area contributed by atoms with Crippen molar-refractivity contribution in [2.75, 3.05) is 12.4 Å². The molecule has 3 rings (SSSR count). The molecule has 0 unspecified atom stereocenters. The molecule has 1 aliphatic rings. The van der Waals surface area contributed by atoms with Crippen LogP contribution < -0.4 is 10.1 Å². The van der Waals surface area contributed by atoms with Gasteiger partial charge >= 0.3 is 6.18 Å². The molecule has 3 nitrogen and oxygen atoms in total. The van der Waals surface area contributed by atoms with Crippen LogP contribution in [0, 0.1) is 0 Å². The van der Waals surface area contributed by atoms with Crippen molar-refractivity contribution >= 4 is 50.8 Å². The topological polar surface area (TPSA) is 38.3 Å². The maximum atomic E-state index is 12.8. The number of carbonyl (C=O) groups excluding carboxylic acids is 1. The van der Waals surface area contributed by atoms with Crippen LogP contribution in [0.1, 0.15) is 16.7 Å². The van der Waals surface area contributed by atoms with Crippen molar-refractivity contribution in [3.8, 4) is 5.75 Å². The van der Waals surface area contributed by atoms with Gasteiger partial charge in [-0.05, 0) is 46.3 Å². The Bertz CT molecular complexity index is 909. The summed E-state index contributed by atoms with van der Waals surface area (Å²) in [6, 6.07) is 6.37. The molecule has 1 N–H and O–H groups in total. The van der Waals surface area contributed by atoms with E-state index in [1.165, 1.54) is 19.3 Å². The van der Waals surface area contributed by atoms with Gasteiger partial charge in [0.15, 0.2) is 0 Å². The van der Waals surface area contributed by atoms with E-state index in [4.69, 9.17) is 16.3 Å². The SMILES string of the molecule is COc1c(Br)cc(Cl)cc1/C=C1\C(=O)Nc2cc(C(F)(F)F)ccc21. The van der Waals surface area contributed by atoms with E-state index in [0.717, 1.165) is 12.1 Å². The first kappa shape index (κ1) is 17.8. The van der Waals surface area contributed by atoms with E-state index in [2.05, 4.69) is 21.2 Å². The van der Waals surface area contributed by atoms with Crippen molar-refractivity contribution in [2.45, 2.75) is 6.18 Å². The third kappa shape index (κ3) is 3.39. The lowest BCUT2D eigenvalue weighted by atomic mass is 10.0. The Morgan fingerprint density at radius 1 is 1.24 bits per heavy atom. The van der Waals surface area contributed by atoms with Gasteiger partial charge in [-0.2, -0.15) is 13.2 Å². The zero-order valence-corrected chi connectivity index (χ0v) is 15.0. The second-order valence-corrected chi connectivity index (χ2v) is 6.57. The average molecular weight is 433 g/mol. The summed E-state index contributed by atoms with van der Waals surface area (Å²) in [5.41, 5.74) is 0.439. The largest absolute Gasteiger partial charge is 0.495 e. The molecule has 0 bridgehead atoms. The molecular formula is C17H10BrClF3NO2. The number of fused-ring (bicyclic) bond motifs is 1. The van der Waals surface area contributed by atoms with Crippen molar-refractivity contribution < 1.29 is 22.7 Å². The predicted octanol–water partition coefficient (Wildman–Crippen LogP) is 5.62. The Kier molecular flexibility index (Phi) is 4.55. The summed E-state index contributed by atoms with van der Waals surface area (Å²) in [6.45, 7) is 0. The molecule has 2 aromatic carbocycles. The Hall–Kier alpha value is -1.99. The van der Waals surface area contributed by atoms with E-state index in [0.29, 0.717) is 26.4 Å². The van der Waals surface area contributed by atoms with E-state index >= 15 is 0 Å². The van der Waals surface area contributed by atoms with E-state index in [-0.39, 0.29) is 11.3 Å². The average Bonchev–Trinajstić information content (AvgIpc) is 2.81. The third-order valence-corrected chi connectivity index (χ3v) is 4.48. The summed E-state index contributed by atoms with van der Waals surface area (Å²) in [6.07, 6.45) is -2.95. The Labute approximate surface area is 154 Å². The summed E-state index contributed by atoms with van der Waals surface area (Å²) < 4.78 is 44.4. The lowest BCUT2D eigenvalue weighted by Crippen LogP contribution is -2.06. The van der Waals surface area contributed by atoms with Crippen LogP contribution in [0.2, 0.25) is 5.02 Å². The summed E-state index contributed by atoms with van der Waals surface area (Å²) in [5, 5.41) is 2.88. The number of anilines is 1. The highest BCUT2D eigenvalue weighted by Gasteiger charge is 2.33. The van der Waals surface area contributed by atoms with Gasteiger partial charge in [-0.3, -0.25) is 4.79 Å². The Balaban J connectivity index is 2.12. The minimum absolute atomic E-state index is 0.117. The zero-order valence-electron chi connectivity index (χ0n) is 12.7. The number of nitrogens with one attached hydrogen (secondary N) is 1. The molecule has 1 amide bonds. The molecule has 0 saturated heterocycles. The number of benzene rings is 2. The van der Waals surface area contributed by atoms with E-state index in [1.54, 1.807) is 12.1 Å². The highest BCUT2D eigenvalue weighted by atomic mass is 79.9. The number of alkyl halides is 3. The summed E-state index contributed by atoms with van der Waals surface area (Å²) in [4.78, 5) is 12.2. The minimum Gasteiger partial charge on any atom is -0.495 e.